The Kier molecular flexibility index (Phi) is 4.97. The van der Waals surface area contributed by atoms with Gasteiger partial charge in [0, 0.05) is 20.8 Å². The molecule has 0 atom stereocenters. The molecule has 2 aromatic carbocycles. The number of hydrogen-bond acceptors (Lipinski definition) is 6. The van der Waals surface area contributed by atoms with Crippen LogP contribution in [-0.4, -0.2) is 18.0 Å². The third-order valence-corrected chi connectivity index (χ3v) is 5.34. The van der Waals surface area contributed by atoms with Crippen LogP contribution in [0.15, 0.2) is 67.6 Å². The van der Waals surface area contributed by atoms with Crippen molar-refractivity contribution in [1.29, 1.82) is 0 Å². The number of methoxy groups -OCH3 is 1. The van der Waals surface area contributed by atoms with Crippen LogP contribution in [0.5, 0.6) is 5.75 Å². The molecule has 28 heavy (non-hydrogen) atoms. The second kappa shape index (κ2) is 7.57. The zero-order valence-electron chi connectivity index (χ0n) is 14.6. The molecule has 0 spiro atoms. The highest BCUT2D eigenvalue weighted by Crippen LogP contribution is 2.26. The number of amides is 1. The molecule has 0 fully saturated rings. The van der Waals surface area contributed by atoms with E-state index in [9.17, 15) is 9.59 Å². The Bertz CT molecular complexity index is 1230. The van der Waals surface area contributed by atoms with Gasteiger partial charge in [-0.15, -0.1) is 11.3 Å². The molecule has 6 nitrogen and oxygen atoms in total. The molecule has 4 aromatic rings. The lowest BCUT2D eigenvalue weighted by atomic mass is 10.1. The lowest BCUT2D eigenvalue weighted by molar-refractivity contribution is 0.102. The first-order valence-corrected chi connectivity index (χ1v) is 9.85. The highest BCUT2D eigenvalue weighted by atomic mass is 79.9. The number of hydrogen-bond donors (Lipinski definition) is 1. The topological polar surface area (TPSA) is 81.4 Å². The summed E-state index contributed by atoms with van der Waals surface area (Å²) in [6.07, 6.45) is 0. The molecule has 4 rings (SSSR count). The van der Waals surface area contributed by atoms with Crippen LogP contribution in [0.4, 0.5) is 5.13 Å². The van der Waals surface area contributed by atoms with Gasteiger partial charge in [0.2, 0.25) is 0 Å². The SMILES string of the molecule is COc1ccc2oc(=O)c(C(=O)Nc3nc(-c4ccc(Br)cc4)cs3)cc2c1. The summed E-state index contributed by atoms with van der Waals surface area (Å²) in [6, 6.07) is 14.2. The van der Waals surface area contributed by atoms with E-state index in [1.165, 1.54) is 17.4 Å². The fraction of sp³-hybridized carbons (Fsp3) is 0.0500. The van der Waals surface area contributed by atoms with Crippen molar-refractivity contribution in [1.82, 2.24) is 4.98 Å². The summed E-state index contributed by atoms with van der Waals surface area (Å²) >= 11 is 4.67. The molecule has 0 saturated carbocycles. The van der Waals surface area contributed by atoms with Gasteiger partial charge in [-0.1, -0.05) is 28.1 Å². The highest BCUT2D eigenvalue weighted by molar-refractivity contribution is 9.10. The van der Waals surface area contributed by atoms with Crippen LogP contribution in [0, 0.1) is 0 Å². The third-order valence-electron chi connectivity index (χ3n) is 4.05. The van der Waals surface area contributed by atoms with E-state index < -0.39 is 11.5 Å². The maximum Gasteiger partial charge on any atom is 0.349 e. The van der Waals surface area contributed by atoms with Crippen molar-refractivity contribution in [3.05, 3.63) is 74.4 Å². The largest absolute Gasteiger partial charge is 0.497 e. The maximum absolute atomic E-state index is 12.6. The lowest BCUT2D eigenvalue weighted by Gasteiger charge is -2.04. The maximum atomic E-state index is 12.6. The van der Waals surface area contributed by atoms with Gasteiger partial charge < -0.3 is 9.15 Å². The molecular formula is C20H13BrN2O4S. The Labute approximate surface area is 171 Å². The second-order valence-electron chi connectivity index (χ2n) is 5.85. The molecule has 140 valence electrons. The summed E-state index contributed by atoms with van der Waals surface area (Å²) in [7, 11) is 1.54. The van der Waals surface area contributed by atoms with Crippen molar-refractivity contribution in [3.63, 3.8) is 0 Å². The number of thiazole rings is 1. The summed E-state index contributed by atoms with van der Waals surface area (Å²) in [6.45, 7) is 0. The minimum absolute atomic E-state index is 0.0962. The van der Waals surface area contributed by atoms with Gasteiger partial charge in [0.1, 0.15) is 16.9 Å². The molecule has 0 aliphatic heterocycles. The lowest BCUT2D eigenvalue weighted by Crippen LogP contribution is -2.20. The van der Waals surface area contributed by atoms with E-state index in [0.717, 1.165) is 15.7 Å². The fourth-order valence-corrected chi connectivity index (χ4v) is 3.61. The standard InChI is InChI=1S/C20H13BrN2O4S/c1-26-14-6-7-17-12(8-14)9-15(19(25)27-17)18(24)23-20-22-16(10-28-20)11-2-4-13(21)5-3-11/h2-10H,1H3,(H,22,23,24). The van der Waals surface area contributed by atoms with Gasteiger partial charge >= 0.3 is 5.63 Å². The molecule has 2 heterocycles. The van der Waals surface area contributed by atoms with Gasteiger partial charge in [-0.3, -0.25) is 10.1 Å². The number of anilines is 1. The fourth-order valence-electron chi connectivity index (χ4n) is 2.64. The van der Waals surface area contributed by atoms with Gasteiger partial charge in [0.05, 0.1) is 12.8 Å². The number of fused-ring (bicyclic) bond motifs is 1. The van der Waals surface area contributed by atoms with Gasteiger partial charge in [-0.05, 0) is 36.4 Å². The molecule has 2 aromatic heterocycles. The number of nitrogens with zero attached hydrogens (tertiary/aromatic N) is 1. The Hall–Kier alpha value is -2.97. The molecule has 0 bridgehead atoms. The summed E-state index contributed by atoms with van der Waals surface area (Å²) in [5.41, 5.74) is 1.25. The Morgan fingerprint density at radius 3 is 2.71 bits per heavy atom. The van der Waals surface area contributed by atoms with Crippen molar-refractivity contribution in [3.8, 4) is 17.0 Å². The van der Waals surface area contributed by atoms with Crippen molar-refractivity contribution in [2.75, 3.05) is 12.4 Å². The third kappa shape index (κ3) is 3.69. The molecule has 0 aliphatic rings. The van der Waals surface area contributed by atoms with E-state index in [1.807, 2.05) is 29.6 Å². The summed E-state index contributed by atoms with van der Waals surface area (Å²) in [5, 5.41) is 5.49. The number of nitrogens with one attached hydrogen (secondary N) is 1. The van der Waals surface area contributed by atoms with Crippen LogP contribution in [0.25, 0.3) is 22.2 Å². The Morgan fingerprint density at radius 2 is 1.96 bits per heavy atom. The van der Waals surface area contributed by atoms with Crippen LogP contribution >= 0.6 is 27.3 Å². The molecule has 0 radical (unpaired) electrons. The molecule has 0 saturated heterocycles. The van der Waals surface area contributed by atoms with Gasteiger partial charge in [-0.25, -0.2) is 9.78 Å². The zero-order chi connectivity index (χ0) is 19.7. The number of carbonyl (C=O) groups is 1. The molecule has 0 unspecified atom stereocenters. The molecular weight excluding hydrogens is 444 g/mol. The molecule has 8 heteroatoms. The highest BCUT2D eigenvalue weighted by Gasteiger charge is 2.16. The summed E-state index contributed by atoms with van der Waals surface area (Å²) < 4.78 is 11.4. The van der Waals surface area contributed by atoms with Crippen LogP contribution in [-0.2, 0) is 0 Å². The van der Waals surface area contributed by atoms with Gasteiger partial charge in [0.25, 0.3) is 5.91 Å². The number of aromatic nitrogens is 1. The van der Waals surface area contributed by atoms with Crippen LogP contribution < -0.4 is 15.7 Å². The predicted octanol–water partition coefficient (Wildman–Crippen LogP) is 4.94. The Balaban J connectivity index is 1.61. The van der Waals surface area contributed by atoms with E-state index in [4.69, 9.17) is 9.15 Å². The molecule has 1 amide bonds. The molecule has 1 N–H and O–H groups in total. The van der Waals surface area contributed by atoms with E-state index in [-0.39, 0.29) is 5.56 Å². The zero-order valence-corrected chi connectivity index (χ0v) is 17.0. The van der Waals surface area contributed by atoms with Crippen molar-refractivity contribution in [2.45, 2.75) is 0 Å². The second-order valence-corrected chi connectivity index (χ2v) is 7.62. The minimum Gasteiger partial charge on any atom is -0.497 e. The predicted molar refractivity (Wildman–Crippen MR) is 112 cm³/mol. The van der Waals surface area contributed by atoms with E-state index in [1.54, 1.807) is 25.3 Å². The van der Waals surface area contributed by atoms with E-state index in [0.29, 0.717) is 21.9 Å². The monoisotopic (exact) mass is 456 g/mol. The van der Waals surface area contributed by atoms with Crippen molar-refractivity contribution >= 4 is 49.3 Å². The number of benzene rings is 2. The average Bonchev–Trinajstić information content (AvgIpc) is 3.16. The van der Waals surface area contributed by atoms with Crippen LogP contribution in [0.1, 0.15) is 10.4 Å². The summed E-state index contributed by atoms with van der Waals surface area (Å²) in [5.74, 6) is 0.0296. The quantitative estimate of drug-likeness (QED) is 0.439. The van der Waals surface area contributed by atoms with Gasteiger partial charge in [0.15, 0.2) is 5.13 Å². The first-order chi connectivity index (χ1) is 13.5. The van der Waals surface area contributed by atoms with Gasteiger partial charge in [-0.2, -0.15) is 0 Å². The summed E-state index contributed by atoms with van der Waals surface area (Å²) in [4.78, 5) is 29.2. The van der Waals surface area contributed by atoms with Crippen LogP contribution in [0.3, 0.4) is 0 Å². The number of carbonyl (C=O) groups excluding carboxylic acids is 1. The number of ether oxygens (including phenoxy) is 1. The smallest absolute Gasteiger partial charge is 0.349 e. The Morgan fingerprint density at radius 1 is 1.18 bits per heavy atom. The average molecular weight is 457 g/mol. The molecule has 0 aliphatic carbocycles. The minimum atomic E-state index is -0.708. The first-order valence-electron chi connectivity index (χ1n) is 8.18. The van der Waals surface area contributed by atoms with E-state index in [2.05, 4.69) is 26.2 Å². The first kappa shape index (κ1) is 18.4. The van der Waals surface area contributed by atoms with Crippen molar-refractivity contribution in [2.24, 2.45) is 0 Å². The number of halogens is 1. The van der Waals surface area contributed by atoms with E-state index >= 15 is 0 Å². The number of rotatable bonds is 4. The van der Waals surface area contributed by atoms with Crippen molar-refractivity contribution < 1.29 is 13.9 Å². The normalized spacial score (nSPS) is 10.8. The van der Waals surface area contributed by atoms with Crippen LogP contribution in [0.2, 0.25) is 0 Å².